The van der Waals surface area contributed by atoms with Gasteiger partial charge in [-0.3, -0.25) is 14.4 Å². The molecule has 0 bridgehead atoms. The van der Waals surface area contributed by atoms with E-state index in [0.717, 1.165) is 57.4 Å². The lowest BCUT2D eigenvalue weighted by Gasteiger charge is -2.36. The van der Waals surface area contributed by atoms with E-state index in [1.165, 1.54) is 30.4 Å². The van der Waals surface area contributed by atoms with Crippen LogP contribution in [0.5, 0.6) is 11.5 Å². The molecule has 0 atom stereocenters. The standard InChI is InChI=1S/C37H44N2O8S2/c1-7-30(41)44-18-8-9-19-45-34(42)25-14-10-23(11-15-25)24-12-16-26(17-13-24)35(43)47-29-20-27(37(3,4)5)31(46-22(2)40)33-32(29)48-36(49-33)28(21-38)39-6/h7,20,23-26H,1,8-19H2,2-5H3/b36-28+. The number of carbonyl (C=O) groups excluding carboxylic acids is 4. The number of hydrogen-bond donors (Lipinski definition) is 0. The zero-order chi connectivity index (χ0) is 35.7. The molecule has 1 aliphatic heterocycles. The van der Waals surface area contributed by atoms with E-state index in [9.17, 15) is 24.4 Å². The summed E-state index contributed by atoms with van der Waals surface area (Å²) in [6.07, 6.45) is 9.20. The summed E-state index contributed by atoms with van der Waals surface area (Å²) in [6.45, 7) is 18.6. The fourth-order valence-corrected chi connectivity index (χ4v) is 9.14. The lowest BCUT2D eigenvalue weighted by atomic mass is 9.69. The van der Waals surface area contributed by atoms with E-state index in [0.29, 0.717) is 62.4 Å². The first-order valence-electron chi connectivity index (χ1n) is 16.8. The third-order valence-corrected chi connectivity index (χ3v) is 11.9. The van der Waals surface area contributed by atoms with Gasteiger partial charge in [0.15, 0.2) is 0 Å². The summed E-state index contributed by atoms with van der Waals surface area (Å²) in [4.78, 5) is 53.9. The van der Waals surface area contributed by atoms with Crippen LogP contribution < -0.4 is 9.47 Å². The van der Waals surface area contributed by atoms with Gasteiger partial charge in [-0.05, 0) is 87.5 Å². The van der Waals surface area contributed by atoms with Gasteiger partial charge in [-0.2, -0.15) is 0 Å². The first kappa shape index (κ1) is 38.1. The third-order valence-electron chi connectivity index (χ3n) is 9.29. The molecule has 0 unspecified atom stereocenters. The number of hydrogen-bond acceptors (Lipinski definition) is 11. The van der Waals surface area contributed by atoms with E-state index in [4.69, 9.17) is 25.5 Å². The first-order chi connectivity index (χ1) is 23.4. The second kappa shape index (κ2) is 17.3. The molecule has 1 aromatic rings. The average molecular weight is 709 g/mol. The minimum atomic E-state index is -0.492. The lowest BCUT2D eigenvalue weighted by molar-refractivity contribution is -0.151. The molecule has 3 aliphatic rings. The number of ether oxygens (including phenoxy) is 4. The molecule has 12 heteroatoms. The minimum absolute atomic E-state index is 0.0699. The van der Waals surface area contributed by atoms with E-state index in [1.54, 1.807) is 6.07 Å². The highest BCUT2D eigenvalue weighted by atomic mass is 32.2. The molecule has 2 fully saturated rings. The number of rotatable bonds is 11. The molecule has 2 aliphatic carbocycles. The molecule has 1 aromatic carbocycles. The zero-order valence-corrected chi connectivity index (χ0v) is 30.3. The average Bonchev–Trinajstić information content (AvgIpc) is 3.53. The van der Waals surface area contributed by atoms with Gasteiger partial charge in [0.1, 0.15) is 11.5 Å². The van der Waals surface area contributed by atoms with Crippen LogP contribution in [0.15, 0.2) is 38.4 Å². The van der Waals surface area contributed by atoms with Crippen molar-refractivity contribution in [2.75, 3.05) is 13.2 Å². The summed E-state index contributed by atoms with van der Waals surface area (Å²) in [7, 11) is 0. The van der Waals surface area contributed by atoms with Crippen molar-refractivity contribution in [3.8, 4) is 17.6 Å². The monoisotopic (exact) mass is 708 g/mol. The molecule has 2 saturated carbocycles. The Hall–Kier alpha value is -3.74. The molecule has 0 spiro atoms. The van der Waals surface area contributed by atoms with Gasteiger partial charge in [0, 0.05) is 18.6 Å². The Labute approximate surface area is 297 Å². The van der Waals surface area contributed by atoms with Crippen molar-refractivity contribution < 1.29 is 38.1 Å². The predicted octanol–water partition coefficient (Wildman–Crippen LogP) is 8.29. The number of thioether (sulfide) groups is 2. The Bertz CT molecular complexity index is 1550. The normalized spacial score (nSPS) is 22.8. The van der Waals surface area contributed by atoms with Crippen LogP contribution in [0.3, 0.4) is 0 Å². The largest absolute Gasteiger partial charge is 0.465 e. The van der Waals surface area contributed by atoms with Gasteiger partial charge < -0.3 is 18.9 Å². The molecule has 0 N–H and O–H groups in total. The summed E-state index contributed by atoms with van der Waals surface area (Å²) in [5, 5.41) is 9.52. The highest BCUT2D eigenvalue weighted by molar-refractivity contribution is 8.24. The van der Waals surface area contributed by atoms with Crippen molar-refractivity contribution in [3.63, 3.8) is 0 Å². The van der Waals surface area contributed by atoms with Gasteiger partial charge in [0.25, 0.3) is 5.70 Å². The number of fused-ring (bicyclic) bond motifs is 1. The van der Waals surface area contributed by atoms with Crippen molar-refractivity contribution in [2.45, 2.75) is 107 Å². The van der Waals surface area contributed by atoms with E-state index < -0.39 is 17.4 Å². The molecule has 262 valence electrons. The number of allylic oxidation sites excluding steroid dienone is 1. The molecule has 49 heavy (non-hydrogen) atoms. The maximum absolute atomic E-state index is 13.6. The fourth-order valence-electron chi connectivity index (χ4n) is 6.66. The predicted molar refractivity (Wildman–Crippen MR) is 185 cm³/mol. The summed E-state index contributed by atoms with van der Waals surface area (Å²) >= 11 is 2.37. The highest BCUT2D eigenvalue weighted by Crippen LogP contribution is 2.61. The molecule has 0 amide bonds. The summed E-state index contributed by atoms with van der Waals surface area (Å²) in [5.74, 6) is -0.0178. The van der Waals surface area contributed by atoms with Crippen LogP contribution in [-0.4, -0.2) is 37.1 Å². The maximum Gasteiger partial charge on any atom is 0.330 e. The summed E-state index contributed by atoms with van der Waals surface area (Å²) < 4.78 is 22.7. The van der Waals surface area contributed by atoms with Crippen LogP contribution in [0.1, 0.15) is 97.5 Å². The number of unbranched alkanes of at least 4 members (excludes halogenated alkanes) is 1. The lowest BCUT2D eigenvalue weighted by Crippen LogP contribution is -2.31. The van der Waals surface area contributed by atoms with Gasteiger partial charge in [0.2, 0.25) is 0 Å². The topological polar surface area (TPSA) is 133 Å². The Morgan fingerprint density at radius 2 is 1.47 bits per heavy atom. The van der Waals surface area contributed by atoms with Gasteiger partial charge in [-0.15, -0.1) is 0 Å². The Morgan fingerprint density at radius 1 is 0.918 bits per heavy atom. The van der Waals surface area contributed by atoms with Crippen LogP contribution in [0.4, 0.5) is 0 Å². The second-order valence-corrected chi connectivity index (χ2v) is 16.0. The summed E-state index contributed by atoms with van der Waals surface area (Å²) in [6, 6.07) is 3.69. The van der Waals surface area contributed by atoms with Crippen molar-refractivity contribution in [1.82, 2.24) is 0 Å². The number of benzene rings is 1. The molecular formula is C37H44N2O8S2. The number of nitrogens with zero attached hydrogens (tertiary/aromatic N) is 2. The molecular weight excluding hydrogens is 665 g/mol. The van der Waals surface area contributed by atoms with Crippen molar-refractivity contribution in [2.24, 2.45) is 23.7 Å². The first-order valence-corrected chi connectivity index (χ1v) is 18.4. The van der Waals surface area contributed by atoms with Gasteiger partial charge in [-0.1, -0.05) is 50.9 Å². The SMILES string of the molecule is [C-]#[N+]/C(C#N)=C1\Sc2c(OC(=O)C3CCC(C4CCC(C(=O)OCCCCOC(=O)C=C)CC4)CC3)cc(C(C)(C)C)c(OC(C)=O)c2S1. The van der Waals surface area contributed by atoms with Crippen molar-refractivity contribution in [1.29, 1.82) is 5.26 Å². The van der Waals surface area contributed by atoms with E-state index in [-0.39, 0.29) is 36.1 Å². The van der Waals surface area contributed by atoms with Gasteiger partial charge in [0.05, 0.1) is 51.7 Å². The molecule has 10 nitrogen and oxygen atoms in total. The number of esters is 4. The Morgan fingerprint density at radius 3 is 1.98 bits per heavy atom. The summed E-state index contributed by atoms with van der Waals surface area (Å²) in [5.41, 5.74) is 0.155. The van der Waals surface area contributed by atoms with Crippen LogP contribution in [0.2, 0.25) is 0 Å². The van der Waals surface area contributed by atoms with E-state index in [1.807, 2.05) is 26.8 Å². The molecule has 0 saturated heterocycles. The quantitative estimate of drug-likeness (QED) is 0.0549. The molecule has 4 rings (SSSR count). The third kappa shape index (κ3) is 9.92. The number of carbonyl (C=O) groups is 4. The molecule has 0 radical (unpaired) electrons. The zero-order valence-electron chi connectivity index (χ0n) is 28.6. The van der Waals surface area contributed by atoms with Crippen LogP contribution >= 0.6 is 23.5 Å². The second-order valence-electron chi connectivity index (χ2n) is 13.7. The van der Waals surface area contributed by atoms with Gasteiger partial charge >= 0.3 is 23.9 Å². The van der Waals surface area contributed by atoms with Crippen LogP contribution in [0, 0.1) is 41.6 Å². The Balaban J connectivity index is 1.33. The molecule has 1 heterocycles. The molecule has 0 aromatic heterocycles. The maximum atomic E-state index is 13.6. The van der Waals surface area contributed by atoms with Crippen molar-refractivity contribution in [3.05, 3.63) is 45.6 Å². The fraction of sp³-hybridized carbons (Fsp3) is 0.568. The van der Waals surface area contributed by atoms with E-state index in [2.05, 4.69) is 11.4 Å². The van der Waals surface area contributed by atoms with Gasteiger partial charge in [-0.25, -0.2) is 14.9 Å². The van der Waals surface area contributed by atoms with Crippen molar-refractivity contribution >= 4 is 47.4 Å². The number of nitriles is 1. The Kier molecular flexibility index (Phi) is 13.4. The van der Waals surface area contributed by atoms with E-state index >= 15 is 0 Å². The smallest absolute Gasteiger partial charge is 0.330 e. The highest BCUT2D eigenvalue weighted by Gasteiger charge is 2.38. The van der Waals surface area contributed by atoms with Crippen LogP contribution in [-0.2, 0) is 34.1 Å². The van der Waals surface area contributed by atoms with Crippen LogP contribution in [0.25, 0.3) is 4.85 Å². The minimum Gasteiger partial charge on any atom is -0.465 e.